The van der Waals surface area contributed by atoms with Crippen LogP contribution in [0.5, 0.6) is 5.75 Å². The van der Waals surface area contributed by atoms with Crippen molar-refractivity contribution >= 4 is 27.5 Å². The minimum Gasteiger partial charge on any atom is -0.497 e. The van der Waals surface area contributed by atoms with E-state index in [0.717, 1.165) is 17.4 Å². The number of hydrogen-bond acceptors (Lipinski definition) is 5. The zero-order chi connectivity index (χ0) is 27.6. The standard InChI is InChI=1S/C28H41N3O5S/c1-7-26(28(33)29-19-21(2)3)30(20-23-12-16-25(36-5)17-13-23)27(32)9-8-18-31(37(6,34)35)24-14-10-22(4)11-15-24/h10-17,21,26H,7-9,18-20H2,1-6H3,(H,29,33)/t26-/m0/s1. The summed E-state index contributed by atoms with van der Waals surface area (Å²) in [5.41, 5.74) is 2.47. The molecule has 37 heavy (non-hydrogen) atoms. The number of aryl methyl sites for hydroxylation is 1. The van der Waals surface area contributed by atoms with Crippen molar-refractivity contribution in [1.82, 2.24) is 10.2 Å². The van der Waals surface area contributed by atoms with E-state index >= 15 is 0 Å². The lowest BCUT2D eigenvalue weighted by molar-refractivity contribution is -0.141. The van der Waals surface area contributed by atoms with Gasteiger partial charge in [-0.3, -0.25) is 13.9 Å². The van der Waals surface area contributed by atoms with Gasteiger partial charge in [0, 0.05) is 26.1 Å². The van der Waals surface area contributed by atoms with Gasteiger partial charge in [-0.05, 0) is 55.5 Å². The summed E-state index contributed by atoms with van der Waals surface area (Å²) in [5, 5.41) is 2.95. The quantitative estimate of drug-likeness (QED) is 0.396. The number of carbonyl (C=O) groups is 2. The predicted octanol–water partition coefficient (Wildman–Crippen LogP) is 4.13. The van der Waals surface area contributed by atoms with E-state index < -0.39 is 16.1 Å². The molecule has 2 aromatic rings. The maximum Gasteiger partial charge on any atom is 0.242 e. The average molecular weight is 532 g/mol. The molecule has 0 aromatic heterocycles. The number of nitrogens with one attached hydrogen (secondary N) is 1. The first-order valence-corrected chi connectivity index (χ1v) is 14.6. The number of carbonyl (C=O) groups excluding carboxylic acids is 2. The van der Waals surface area contributed by atoms with E-state index in [1.54, 1.807) is 24.1 Å². The Balaban J connectivity index is 2.20. The smallest absolute Gasteiger partial charge is 0.242 e. The number of methoxy groups -OCH3 is 1. The van der Waals surface area contributed by atoms with E-state index in [4.69, 9.17) is 4.74 Å². The number of nitrogens with zero attached hydrogens (tertiary/aromatic N) is 2. The molecule has 0 saturated heterocycles. The molecule has 0 unspecified atom stereocenters. The van der Waals surface area contributed by atoms with Crippen LogP contribution in [0.3, 0.4) is 0 Å². The van der Waals surface area contributed by atoms with Crippen LogP contribution in [0.1, 0.15) is 51.2 Å². The van der Waals surface area contributed by atoms with E-state index in [0.29, 0.717) is 30.8 Å². The van der Waals surface area contributed by atoms with Gasteiger partial charge in [0.25, 0.3) is 0 Å². The van der Waals surface area contributed by atoms with Gasteiger partial charge in [0.2, 0.25) is 21.8 Å². The Kier molecular flexibility index (Phi) is 11.4. The molecule has 8 nitrogen and oxygen atoms in total. The van der Waals surface area contributed by atoms with Gasteiger partial charge in [-0.25, -0.2) is 8.42 Å². The topological polar surface area (TPSA) is 96.0 Å². The highest BCUT2D eigenvalue weighted by molar-refractivity contribution is 7.92. The van der Waals surface area contributed by atoms with Gasteiger partial charge >= 0.3 is 0 Å². The molecular weight excluding hydrogens is 490 g/mol. The van der Waals surface area contributed by atoms with E-state index in [1.165, 1.54) is 4.31 Å². The van der Waals surface area contributed by atoms with Crippen molar-refractivity contribution in [3.05, 3.63) is 59.7 Å². The number of ether oxygens (including phenoxy) is 1. The van der Waals surface area contributed by atoms with Gasteiger partial charge in [0.15, 0.2) is 0 Å². The Morgan fingerprint density at radius 1 is 1.03 bits per heavy atom. The molecule has 0 fully saturated rings. The number of rotatable bonds is 14. The third-order valence-corrected chi connectivity index (χ3v) is 7.25. The molecule has 0 spiro atoms. The van der Waals surface area contributed by atoms with Gasteiger partial charge < -0.3 is 15.0 Å². The molecule has 2 amide bonds. The van der Waals surface area contributed by atoms with Crippen LogP contribution >= 0.6 is 0 Å². The number of anilines is 1. The first-order chi connectivity index (χ1) is 17.5. The molecule has 204 valence electrons. The highest BCUT2D eigenvalue weighted by Gasteiger charge is 2.29. The molecule has 0 bridgehead atoms. The summed E-state index contributed by atoms with van der Waals surface area (Å²) in [4.78, 5) is 28.1. The molecule has 1 atom stereocenters. The number of hydrogen-bond donors (Lipinski definition) is 1. The second kappa shape index (κ2) is 14.0. The summed E-state index contributed by atoms with van der Waals surface area (Å²) < 4.78 is 31.5. The average Bonchev–Trinajstić information content (AvgIpc) is 2.85. The Morgan fingerprint density at radius 3 is 2.16 bits per heavy atom. The first kappa shape index (κ1) is 30.2. The lowest BCUT2D eigenvalue weighted by atomic mass is 10.1. The second-order valence-corrected chi connectivity index (χ2v) is 11.6. The SMILES string of the molecule is CC[C@@H](C(=O)NCC(C)C)N(Cc1ccc(OC)cc1)C(=O)CCCN(c1ccc(C)cc1)S(C)(=O)=O. The van der Waals surface area contributed by atoms with Gasteiger partial charge in [-0.15, -0.1) is 0 Å². The third-order valence-electron chi connectivity index (χ3n) is 6.06. The minimum atomic E-state index is -3.52. The summed E-state index contributed by atoms with van der Waals surface area (Å²) in [6.45, 7) is 8.82. The van der Waals surface area contributed by atoms with E-state index in [-0.39, 0.29) is 37.2 Å². The second-order valence-electron chi connectivity index (χ2n) is 9.71. The molecular formula is C28H41N3O5S. The fourth-order valence-corrected chi connectivity index (χ4v) is 4.95. The lowest BCUT2D eigenvalue weighted by Gasteiger charge is -2.31. The van der Waals surface area contributed by atoms with Gasteiger partial charge in [0.1, 0.15) is 11.8 Å². The fraction of sp³-hybridized carbons (Fsp3) is 0.500. The van der Waals surface area contributed by atoms with Crippen molar-refractivity contribution in [3.8, 4) is 5.75 Å². The van der Waals surface area contributed by atoms with Gasteiger partial charge in [0.05, 0.1) is 19.1 Å². The van der Waals surface area contributed by atoms with Crippen molar-refractivity contribution in [2.24, 2.45) is 5.92 Å². The molecule has 9 heteroatoms. The van der Waals surface area contributed by atoms with E-state index in [1.807, 2.05) is 64.1 Å². The number of amides is 2. The van der Waals surface area contributed by atoms with Crippen LogP contribution in [-0.2, 0) is 26.2 Å². The summed E-state index contributed by atoms with van der Waals surface area (Å²) in [6, 6.07) is 14.0. The monoisotopic (exact) mass is 531 g/mol. The summed E-state index contributed by atoms with van der Waals surface area (Å²) in [6.07, 6.45) is 2.06. The van der Waals surface area contributed by atoms with Crippen molar-refractivity contribution in [2.45, 2.75) is 59.5 Å². The summed E-state index contributed by atoms with van der Waals surface area (Å²) in [5.74, 6) is 0.617. The fourth-order valence-electron chi connectivity index (χ4n) is 3.98. The number of benzene rings is 2. The van der Waals surface area contributed by atoms with Crippen molar-refractivity contribution in [3.63, 3.8) is 0 Å². The van der Waals surface area contributed by atoms with Crippen molar-refractivity contribution < 1.29 is 22.7 Å². The molecule has 1 N–H and O–H groups in total. The van der Waals surface area contributed by atoms with Crippen LogP contribution in [0.4, 0.5) is 5.69 Å². The Bertz CT molecular complexity index is 1120. The highest BCUT2D eigenvalue weighted by atomic mass is 32.2. The molecule has 2 rings (SSSR count). The molecule has 0 aliphatic carbocycles. The molecule has 0 aliphatic heterocycles. The van der Waals surface area contributed by atoms with Crippen LogP contribution in [-0.4, -0.2) is 57.6 Å². The zero-order valence-electron chi connectivity index (χ0n) is 22.9. The van der Waals surface area contributed by atoms with E-state index in [2.05, 4.69) is 5.32 Å². The largest absolute Gasteiger partial charge is 0.497 e. The highest BCUT2D eigenvalue weighted by Crippen LogP contribution is 2.21. The first-order valence-electron chi connectivity index (χ1n) is 12.7. The molecule has 0 aliphatic rings. The number of sulfonamides is 1. The third kappa shape index (κ3) is 9.39. The summed E-state index contributed by atoms with van der Waals surface area (Å²) in [7, 11) is -1.93. The molecule has 0 radical (unpaired) electrons. The lowest BCUT2D eigenvalue weighted by Crippen LogP contribution is -2.49. The van der Waals surface area contributed by atoms with Crippen LogP contribution in [0, 0.1) is 12.8 Å². The van der Waals surface area contributed by atoms with Crippen LogP contribution in [0.2, 0.25) is 0 Å². The zero-order valence-corrected chi connectivity index (χ0v) is 23.7. The normalized spacial score (nSPS) is 12.2. The Labute approximate surface area is 222 Å². The van der Waals surface area contributed by atoms with Crippen LogP contribution in [0.25, 0.3) is 0 Å². The molecule has 0 saturated carbocycles. The predicted molar refractivity (Wildman–Crippen MR) is 148 cm³/mol. The molecule has 0 heterocycles. The summed E-state index contributed by atoms with van der Waals surface area (Å²) >= 11 is 0. The van der Waals surface area contributed by atoms with Crippen LogP contribution in [0.15, 0.2) is 48.5 Å². The Hall–Kier alpha value is -3.07. The van der Waals surface area contributed by atoms with Gasteiger partial charge in [-0.1, -0.05) is 50.6 Å². The minimum absolute atomic E-state index is 0.113. The van der Waals surface area contributed by atoms with Crippen LogP contribution < -0.4 is 14.4 Å². The van der Waals surface area contributed by atoms with Crippen molar-refractivity contribution in [2.75, 3.05) is 30.8 Å². The van der Waals surface area contributed by atoms with Gasteiger partial charge in [-0.2, -0.15) is 0 Å². The maximum atomic E-state index is 13.5. The molecule has 2 aromatic carbocycles. The van der Waals surface area contributed by atoms with E-state index in [9.17, 15) is 18.0 Å². The Morgan fingerprint density at radius 2 is 1.65 bits per heavy atom. The van der Waals surface area contributed by atoms with Crippen molar-refractivity contribution in [1.29, 1.82) is 0 Å². The maximum absolute atomic E-state index is 13.5.